The third-order valence-electron chi connectivity index (χ3n) is 4.69. The number of carbonyl (C=O) groups is 1. The summed E-state index contributed by atoms with van der Waals surface area (Å²) in [5.74, 6) is -0.229. The molecular weight excluding hydrogens is 380 g/mol. The normalized spacial score (nSPS) is 27.3. The number of ether oxygens (including phenoxy) is 3. The monoisotopic (exact) mass is 404 g/mol. The topological polar surface area (TPSA) is 126 Å². The summed E-state index contributed by atoms with van der Waals surface area (Å²) in [6.45, 7) is 1.39. The second-order valence-corrected chi connectivity index (χ2v) is 6.60. The molecule has 0 aliphatic carbocycles. The fraction of sp³-hybridized carbons (Fsp3) is 0.381. The van der Waals surface area contributed by atoms with E-state index in [1.165, 1.54) is 6.08 Å². The van der Waals surface area contributed by atoms with Crippen molar-refractivity contribution in [1.82, 2.24) is 0 Å². The molecule has 29 heavy (non-hydrogen) atoms. The number of fused-ring (bicyclic) bond motifs is 1. The molecule has 0 amide bonds. The highest BCUT2D eigenvalue weighted by atomic mass is 16.7. The van der Waals surface area contributed by atoms with E-state index in [9.17, 15) is 25.2 Å². The van der Waals surface area contributed by atoms with Gasteiger partial charge in [0, 0.05) is 11.6 Å². The molecule has 1 saturated heterocycles. The first-order chi connectivity index (χ1) is 14.0. The Morgan fingerprint density at radius 2 is 1.86 bits per heavy atom. The van der Waals surface area contributed by atoms with Crippen LogP contribution in [0, 0.1) is 0 Å². The van der Waals surface area contributed by atoms with E-state index in [1.54, 1.807) is 25.1 Å². The van der Waals surface area contributed by atoms with E-state index >= 15 is 0 Å². The first kappa shape index (κ1) is 21.2. The Labute approximate surface area is 167 Å². The van der Waals surface area contributed by atoms with Crippen molar-refractivity contribution in [2.45, 2.75) is 37.6 Å². The third-order valence-corrected chi connectivity index (χ3v) is 4.69. The van der Waals surface area contributed by atoms with Crippen LogP contribution in [0.3, 0.4) is 0 Å². The molecule has 3 rings (SSSR count). The number of hydrogen-bond donors (Lipinski definition) is 4. The fourth-order valence-electron chi connectivity index (χ4n) is 3.18. The number of esters is 1. The summed E-state index contributed by atoms with van der Waals surface area (Å²) in [5, 5.41) is 41.2. The number of hydrogen-bond acceptors (Lipinski definition) is 8. The Balaban J connectivity index is 1.96. The Kier molecular flexibility index (Phi) is 6.83. The zero-order valence-corrected chi connectivity index (χ0v) is 15.8. The molecule has 8 heteroatoms. The van der Waals surface area contributed by atoms with Gasteiger partial charge >= 0.3 is 5.97 Å². The van der Waals surface area contributed by atoms with Crippen LogP contribution in [0.1, 0.15) is 12.5 Å². The van der Waals surface area contributed by atoms with E-state index < -0.39 is 43.3 Å². The average molecular weight is 404 g/mol. The van der Waals surface area contributed by atoms with Crippen LogP contribution < -0.4 is 4.74 Å². The molecule has 4 N–H and O–H groups in total. The van der Waals surface area contributed by atoms with Crippen molar-refractivity contribution in [1.29, 1.82) is 0 Å². The maximum Gasteiger partial charge on any atom is 0.330 e. The lowest BCUT2D eigenvalue weighted by atomic mass is 9.99. The van der Waals surface area contributed by atoms with Gasteiger partial charge in [-0.25, -0.2) is 4.79 Å². The van der Waals surface area contributed by atoms with E-state index in [1.807, 2.05) is 24.3 Å². The van der Waals surface area contributed by atoms with Crippen molar-refractivity contribution in [2.75, 3.05) is 13.2 Å². The minimum Gasteiger partial charge on any atom is -0.463 e. The summed E-state index contributed by atoms with van der Waals surface area (Å²) >= 11 is 0. The van der Waals surface area contributed by atoms with Crippen LogP contribution in [0.2, 0.25) is 0 Å². The van der Waals surface area contributed by atoms with Gasteiger partial charge in [-0.1, -0.05) is 30.3 Å². The van der Waals surface area contributed by atoms with E-state index in [4.69, 9.17) is 14.2 Å². The molecule has 0 spiro atoms. The van der Waals surface area contributed by atoms with Crippen molar-refractivity contribution < 1.29 is 39.4 Å². The fourth-order valence-corrected chi connectivity index (χ4v) is 3.18. The standard InChI is InChI=1S/C21H24O8/c1-2-27-17(23)10-8-14-13-6-4-3-5-12(13)7-9-15(14)28-21-20(26)19(25)18(24)16(11-22)29-21/h3-10,16,18-22,24-26H,2,11H2,1H3/t16-,18+,19+,20-,21-/m1/s1. The smallest absolute Gasteiger partial charge is 0.330 e. The average Bonchev–Trinajstić information content (AvgIpc) is 2.73. The highest BCUT2D eigenvalue weighted by molar-refractivity contribution is 5.96. The van der Waals surface area contributed by atoms with Crippen LogP contribution in [0.25, 0.3) is 16.8 Å². The Bertz CT molecular complexity index is 878. The quantitative estimate of drug-likeness (QED) is 0.407. The summed E-state index contributed by atoms with van der Waals surface area (Å²) < 4.78 is 16.1. The zero-order valence-electron chi connectivity index (χ0n) is 15.8. The zero-order chi connectivity index (χ0) is 21.0. The molecule has 0 bridgehead atoms. The molecule has 8 nitrogen and oxygen atoms in total. The molecule has 2 aromatic carbocycles. The Hall–Kier alpha value is -2.49. The maximum atomic E-state index is 11.8. The van der Waals surface area contributed by atoms with E-state index in [2.05, 4.69) is 0 Å². The van der Waals surface area contributed by atoms with Crippen LogP contribution in [-0.2, 0) is 14.3 Å². The summed E-state index contributed by atoms with van der Waals surface area (Å²) in [5.41, 5.74) is 0.549. The minimum absolute atomic E-state index is 0.243. The van der Waals surface area contributed by atoms with Crippen LogP contribution in [-0.4, -0.2) is 70.3 Å². The predicted octanol–water partition coefficient (Wildman–Crippen LogP) is 0.595. The molecule has 1 heterocycles. The number of rotatable bonds is 6. The second kappa shape index (κ2) is 9.34. The van der Waals surface area contributed by atoms with Gasteiger partial charge in [-0.3, -0.25) is 0 Å². The van der Waals surface area contributed by atoms with Crippen molar-refractivity contribution in [3.63, 3.8) is 0 Å². The SMILES string of the molecule is CCOC(=O)C=Cc1c(O[C@@H]2O[C@H](CO)[C@H](O)[C@H](O)[C@H]2O)ccc2ccccc12. The number of aliphatic hydroxyl groups excluding tert-OH is 4. The van der Waals surface area contributed by atoms with Gasteiger partial charge in [0.15, 0.2) is 0 Å². The van der Waals surface area contributed by atoms with Crippen molar-refractivity contribution >= 4 is 22.8 Å². The summed E-state index contributed by atoms with van der Waals surface area (Å²) in [6.07, 6.45) is -4.18. The van der Waals surface area contributed by atoms with Gasteiger partial charge in [0.2, 0.25) is 6.29 Å². The van der Waals surface area contributed by atoms with E-state index in [0.717, 1.165) is 10.8 Å². The molecule has 156 valence electrons. The van der Waals surface area contributed by atoms with Gasteiger partial charge in [-0.05, 0) is 29.8 Å². The van der Waals surface area contributed by atoms with Crippen LogP contribution in [0.5, 0.6) is 5.75 Å². The lowest BCUT2D eigenvalue weighted by molar-refractivity contribution is -0.277. The molecule has 0 radical (unpaired) electrons. The lowest BCUT2D eigenvalue weighted by Crippen LogP contribution is -2.60. The predicted molar refractivity (Wildman–Crippen MR) is 104 cm³/mol. The highest BCUT2D eigenvalue weighted by Crippen LogP contribution is 2.32. The molecule has 1 aliphatic rings. The lowest BCUT2D eigenvalue weighted by Gasteiger charge is -2.39. The highest BCUT2D eigenvalue weighted by Gasteiger charge is 2.44. The van der Waals surface area contributed by atoms with Gasteiger partial charge in [0.05, 0.1) is 13.2 Å². The summed E-state index contributed by atoms with van der Waals surface area (Å²) in [6, 6.07) is 10.9. The molecule has 1 aliphatic heterocycles. The number of carbonyl (C=O) groups excluding carboxylic acids is 1. The van der Waals surface area contributed by atoms with Gasteiger partial charge in [-0.2, -0.15) is 0 Å². The van der Waals surface area contributed by atoms with E-state index in [0.29, 0.717) is 5.56 Å². The molecule has 0 unspecified atom stereocenters. The van der Waals surface area contributed by atoms with Crippen LogP contribution in [0.15, 0.2) is 42.5 Å². The molecule has 5 atom stereocenters. The van der Waals surface area contributed by atoms with Crippen LogP contribution >= 0.6 is 0 Å². The van der Waals surface area contributed by atoms with Gasteiger partial charge < -0.3 is 34.6 Å². The summed E-state index contributed by atoms with van der Waals surface area (Å²) in [4.78, 5) is 11.8. The van der Waals surface area contributed by atoms with Gasteiger partial charge in [0.25, 0.3) is 0 Å². The van der Waals surface area contributed by atoms with Gasteiger partial charge in [-0.15, -0.1) is 0 Å². The van der Waals surface area contributed by atoms with Gasteiger partial charge in [0.1, 0.15) is 30.2 Å². The van der Waals surface area contributed by atoms with Crippen molar-refractivity contribution in [3.8, 4) is 5.75 Å². The molecule has 0 aromatic heterocycles. The molecule has 0 saturated carbocycles. The largest absolute Gasteiger partial charge is 0.463 e. The number of benzene rings is 2. The third kappa shape index (κ3) is 4.58. The Morgan fingerprint density at radius 1 is 1.10 bits per heavy atom. The van der Waals surface area contributed by atoms with Crippen molar-refractivity contribution in [2.24, 2.45) is 0 Å². The first-order valence-corrected chi connectivity index (χ1v) is 9.30. The maximum absolute atomic E-state index is 11.8. The number of aliphatic hydroxyl groups is 4. The summed E-state index contributed by atoms with van der Waals surface area (Å²) in [7, 11) is 0. The van der Waals surface area contributed by atoms with Crippen LogP contribution in [0.4, 0.5) is 0 Å². The van der Waals surface area contributed by atoms with E-state index in [-0.39, 0.29) is 12.4 Å². The second-order valence-electron chi connectivity index (χ2n) is 6.60. The molecule has 2 aromatic rings. The first-order valence-electron chi connectivity index (χ1n) is 9.30. The molecular formula is C21H24O8. The Morgan fingerprint density at radius 3 is 2.59 bits per heavy atom. The van der Waals surface area contributed by atoms with Crippen molar-refractivity contribution in [3.05, 3.63) is 48.0 Å². The molecule has 1 fully saturated rings. The minimum atomic E-state index is -1.55.